The fraction of sp³-hybridized carbons (Fsp3) is 0.588. The summed E-state index contributed by atoms with van der Waals surface area (Å²) in [4.78, 5) is 12.3. The summed E-state index contributed by atoms with van der Waals surface area (Å²) in [7, 11) is 0. The van der Waals surface area contributed by atoms with Crippen molar-refractivity contribution in [2.24, 2.45) is 11.7 Å². The fourth-order valence-corrected chi connectivity index (χ4v) is 2.95. The van der Waals surface area contributed by atoms with Crippen molar-refractivity contribution in [3.63, 3.8) is 0 Å². The van der Waals surface area contributed by atoms with Crippen molar-refractivity contribution in [2.45, 2.75) is 51.5 Å². The number of carbonyl (C=O) groups excluding carboxylic acids is 1. The van der Waals surface area contributed by atoms with E-state index in [1.807, 2.05) is 24.3 Å². The van der Waals surface area contributed by atoms with Gasteiger partial charge in [0.15, 0.2) is 0 Å². The molecule has 0 aliphatic heterocycles. The molecule has 0 radical (unpaired) electrons. The standard InChI is InChI=1S/C17H26N2O/c1-12(2)13-7-9-14(10-8-13)17(20)19-16-6-4-3-5-15(16)11-18/h7-10,12,15-16H,3-6,11,18H2,1-2H3,(H,19,20). The summed E-state index contributed by atoms with van der Waals surface area (Å²) in [6, 6.07) is 8.17. The molecule has 0 bridgehead atoms. The van der Waals surface area contributed by atoms with Crippen LogP contribution in [0.4, 0.5) is 0 Å². The summed E-state index contributed by atoms with van der Waals surface area (Å²) in [6.45, 7) is 4.98. The molecule has 2 atom stereocenters. The van der Waals surface area contributed by atoms with E-state index < -0.39 is 0 Å². The first-order chi connectivity index (χ1) is 9.61. The molecule has 20 heavy (non-hydrogen) atoms. The summed E-state index contributed by atoms with van der Waals surface area (Å²) in [5.74, 6) is 0.959. The third-order valence-corrected chi connectivity index (χ3v) is 4.37. The Morgan fingerprint density at radius 3 is 2.50 bits per heavy atom. The number of nitrogens with two attached hydrogens (primary N) is 1. The normalized spacial score (nSPS) is 22.8. The molecule has 3 nitrogen and oxygen atoms in total. The van der Waals surface area contributed by atoms with Crippen LogP contribution in [0.25, 0.3) is 0 Å². The Balaban J connectivity index is 2.00. The number of nitrogens with one attached hydrogen (secondary N) is 1. The summed E-state index contributed by atoms with van der Waals surface area (Å²) in [5.41, 5.74) is 7.82. The first-order valence-corrected chi connectivity index (χ1v) is 7.72. The smallest absolute Gasteiger partial charge is 0.251 e. The number of carbonyl (C=O) groups is 1. The van der Waals surface area contributed by atoms with Gasteiger partial charge < -0.3 is 11.1 Å². The van der Waals surface area contributed by atoms with Crippen molar-refractivity contribution < 1.29 is 4.79 Å². The molecule has 1 amide bonds. The third-order valence-electron chi connectivity index (χ3n) is 4.37. The lowest BCUT2D eigenvalue weighted by atomic mass is 9.84. The van der Waals surface area contributed by atoms with Crippen molar-refractivity contribution in [1.29, 1.82) is 0 Å². The predicted molar refractivity (Wildman–Crippen MR) is 82.8 cm³/mol. The molecule has 1 aromatic rings. The van der Waals surface area contributed by atoms with Crippen LogP contribution in [0.5, 0.6) is 0 Å². The largest absolute Gasteiger partial charge is 0.349 e. The maximum Gasteiger partial charge on any atom is 0.251 e. The molecular weight excluding hydrogens is 248 g/mol. The van der Waals surface area contributed by atoms with E-state index in [-0.39, 0.29) is 11.9 Å². The lowest BCUT2D eigenvalue weighted by Gasteiger charge is -2.31. The molecule has 1 aliphatic carbocycles. The quantitative estimate of drug-likeness (QED) is 0.886. The molecule has 1 aliphatic rings. The van der Waals surface area contributed by atoms with Gasteiger partial charge in [-0.1, -0.05) is 38.8 Å². The minimum Gasteiger partial charge on any atom is -0.349 e. The lowest BCUT2D eigenvalue weighted by molar-refractivity contribution is 0.0908. The second kappa shape index (κ2) is 6.89. The highest BCUT2D eigenvalue weighted by molar-refractivity contribution is 5.94. The van der Waals surface area contributed by atoms with Crippen LogP contribution in [-0.4, -0.2) is 18.5 Å². The van der Waals surface area contributed by atoms with Gasteiger partial charge in [-0.25, -0.2) is 0 Å². The Morgan fingerprint density at radius 2 is 1.90 bits per heavy atom. The highest BCUT2D eigenvalue weighted by Gasteiger charge is 2.25. The Hall–Kier alpha value is -1.35. The minimum atomic E-state index is 0.0330. The molecule has 2 unspecified atom stereocenters. The van der Waals surface area contributed by atoms with Gasteiger partial charge in [-0.2, -0.15) is 0 Å². The molecule has 0 spiro atoms. The van der Waals surface area contributed by atoms with E-state index in [0.29, 0.717) is 18.4 Å². The average molecular weight is 274 g/mol. The van der Waals surface area contributed by atoms with Crippen LogP contribution in [0, 0.1) is 5.92 Å². The maximum absolute atomic E-state index is 12.3. The molecule has 0 heterocycles. The van der Waals surface area contributed by atoms with Gasteiger partial charge in [-0.15, -0.1) is 0 Å². The molecule has 3 heteroatoms. The molecular formula is C17H26N2O. The molecule has 1 saturated carbocycles. The van der Waals surface area contributed by atoms with Crippen molar-refractivity contribution in [2.75, 3.05) is 6.54 Å². The van der Waals surface area contributed by atoms with Gasteiger partial charge in [-0.3, -0.25) is 4.79 Å². The maximum atomic E-state index is 12.3. The number of benzene rings is 1. The highest BCUT2D eigenvalue weighted by Crippen LogP contribution is 2.24. The van der Waals surface area contributed by atoms with Crippen LogP contribution in [0.3, 0.4) is 0 Å². The summed E-state index contributed by atoms with van der Waals surface area (Å²) >= 11 is 0. The summed E-state index contributed by atoms with van der Waals surface area (Å²) in [6.07, 6.45) is 4.61. The van der Waals surface area contributed by atoms with Gasteiger partial charge in [-0.05, 0) is 48.9 Å². The third kappa shape index (κ3) is 3.60. The van der Waals surface area contributed by atoms with Crippen molar-refractivity contribution >= 4 is 5.91 Å². The van der Waals surface area contributed by atoms with Gasteiger partial charge in [0.2, 0.25) is 0 Å². The molecule has 0 aromatic heterocycles. The molecule has 2 rings (SSSR count). The van der Waals surface area contributed by atoms with E-state index >= 15 is 0 Å². The van der Waals surface area contributed by atoms with Crippen LogP contribution in [0.15, 0.2) is 24.3 Å². The van der Waals surface area contributed by atoms with Crippen LogP contribution in [0.2, 0.25) is 0 Å². The van der Waals surface area contributed by atoms with Crippen LogP contribution >= 0.6 is 0 Å². The Kier molecular flexibility index (Phi) is 5.18. The van der Waals surface area contributed by atoms with Crippen LogP contribution < -0.4 is 11.1 Å². The van der Waals surface area contributed by atoms with E-state index in [1.165, 1.54) is 18.4 Å². The number of rotatable bonds is 4. The number of hydrogen-bond donors (Lipinski definition) is 2. The Bertz CT molecular complexity index is 439. The van der Waals surface area contributed by atoms with E-state index in [4.69, 9.17) is 5.73 Å². The van der Waals surface area contributed by atoms with Gasteiger partial charge in [0.05, 0.1) is 0 Å². The van der Waals surface area contributed by atoms with E-state index in [1.54, 1.807) is 0 Å². The second-order valence-corrected chi connectivity index (χ2v) is 6.14. The topological polar surface area (TPSA) is 55.1 Å². The number of amides is 1. The van der Waals surface area contributed by atoms with Crippen LogP contribution in [0.1, 0.15) is 61.4 Å². The highest BCUT2D eigenvalue weighted by atomic mass is 16.1. The predicted octanol–water partition coefficient (Wildman–Crippen LogP) is 3.06. The SMILES string of the molecule is CC(C)c1ccc(C(=O)NC2CCCCC2CN)cc1. The first-order valence-electron chi connectivity index (χ1n) is 7.72. The second-order valence-electron chi connectivity index (χ2n) is 6.14. The van der Waals surface area contributed by atoms with E-state index in [0.717, 1.165) is 18.4 Å². The van der Waals surface area contributed by atoms with Crippen molar-refractivity contribution in [3.8, 4) is 0 Å². The minimum absolute atomic E-state index is 0.0330. The molecule has 110 valence electrons. The fourth-order valence-electron chi connectivity index (χ4n) is 2.95. The monoisotopic (exact) mass is 274 g/mol. The summed E-state index contributed by atoms with van der Waals surface area (Å²) < 4.78 is 0. The summed E-state index contributed by atoms with van der Waals surface area (Å²) in [5, 5.41) is 3.17. The van der Waals surface area contributed by atoms with E-state index in [9.17, 15) is 4.79 Å². The number of hydrogen-bond acceptors (Lipinski definition) is 2. The van der Waals surface area contributed by atoms with Crippen LogP contribution in [-0.2, 0) is 0 Å². The van der Waals surface area contributed by atoms with Gasteiger partial charge >= 0.3 is 0 Å². The Labute approximate surface area is 121 Å². The van der Waals surface area contributed by atoms with Gasteiger partial charge in [0, 0.05) is 11.6 Å². The zero-order valence-corrected chi connectivity index (χ0v) is 12.6. The molecule has 1 fully saturated rings. The first kappa shape index (κ1) is 15.0. The zero-order valence-electron chi connectivity index (χ0n) is 12.6. The zero-order chi connectivity index (χ0) is 14.5. The van der Waals surface area contributed by atoms with Gasteiger partial charge in [0.25, 0.3) is 5.91 Å². The average Bonchev–Trinajstić information content (AvgIpc) is 2.48. The molecule has 0 saturated heterocycles. The molecule has 3 N–H and O–H groups in total. The Morgan fingerprint density at radius 1 is 1.25 bits per heavy atom. The van der Waals surface area contributed by atoms with E-state index in [2.05, 4.69) is 19.2 Å². The molecule has 1 aromatic carbocycles. The lowest BCUT2D eigenvalue weighted by Crippen LogP contribution is -2.44. The van der Waals surface area contributed by atoms with Crippen molar-refractivity contribution in [3.05, 3.63) is 35.4 Å². The van der Waals surface area contributed by atoms with Crippen molar-refractivity contribution in [1.82, 2.24) is 5.32 Å². The van der Waals surface area contributed by atoms with Gasteiger partial charge in [0.1, 0.15) is 0 Å².